The number of anilines is 1. The van der Waals surface area contributed by atoms with Crippen LogP contribution in [0.3, 0.4) is 0 Å². The van der Waals surface area contributed by atoms with Crippen molar-refractivity contribution < 1.29 is 17.9 Å². The predicted molar refractivity (Wildman–Crippen MR) is 112 cm³/mol. The molecule has 0 unspecified atom stereocenters. The fraction of sp³-hybridized carbons (Fsp3) is 0.316. The minimum atomic E-state index is -3.85. The highest BCUT2D eigenvalue weighted by Crippen LogP contribution is 2.29. The molecular formula is C19H22Cl2N2O4S. The molecule has 0 fully saturated rings. The minimum absolute atomic E-state index is 0.101. The molecule has 28 heavy (non-hydrogen) atoms. The van der Waals surface area contributed by atoms with Crippen LogP contribution < -0.4 is 10.1 Å². The third kappa shape index (κ3) is 5.17. The molecule has 9 heteroatoms. The number of benzene rings is 2. The highest BCUT2D eigenvalue weighted by molar-refractivity contribution is 7.89. The van der Waals surface area contributed by atoms with Gasteiger partial charge in [0.15, 0.2) is 0 Å². The lowest BCUT2D eigenvalue weighted by atomic mass is 10.2. The average molecular weight is 445 g/mol. The summed E-state index contributed by atoms with van der Waals surface area (Å²) in [5.41, 5.74) is 1.03. The van der Waals surface area contributed by atoms with Gasteiger partial charge in [-0.15, -0.1) is 0 Å². The number of aryl methyl sites for hydroxylation is 1. The van der Waals surface area contributed by atoms with E-state index in [1.54, 1.807) is 38.1 Å². The fourth-order valence-corrected chi connectivity index (χ4v) is 4.40. The van der Waals surface area contributed by atoms with Crippen LogP contribution in [0.4, 0.5) is 5.69 Å². The molecule has 6 nitrogen and oxygen atoms in total. The van der Waals surface area contributed by atoms with E-state index >= 15 is 0 Å². The topological polar surface area (TPSA) is 75.7 Å². The SMILES string of the molecule is CCOc1ccc(S(=O)(=O)N(CC)CC(=O)Nc2cccc(Cl)c2Cl)cc1C. The maximum Gasteiger partial charge on any atom is 0.243 e. The van der Waals surface area contributed by atoms with Crippen LogP contribution in [0, 0.1) is 6.92 Å². The monoisotopic (exact) mass is 444 g/mol. The summed E-state index contributed by atoms with van der Waals surface area (Å²) in [6, 6.07) is 9.45. The van der Waals surface area contributed by atoms with Crippen LogP contribution >= 0.6 is 23.2 Å². The smallest absolute Gasteiger partial charge is 0.243 e. The van der Waals surface area contributed by atoms with E-state index in [-0.39, 0.29) is 23.0 Å². The largest absolute Gasteiger partial charge is 0.494 e. The van der Waals surface area contributed by atoms with Crippen molar-refractivity contribution in [3.8, 4) is 5.75 Å². The van der Waals surface area contributed by atoms with E-state index in [4.69, 9.17) is 27.9 Å². The second kappa shape index (κ2) is 9.60. The van der Waals surface area contributed by atoms with Crippen molar-refractivity contribution >= 4 is 44.8 Å². The number of carbonyl (C=O) groups is 1. The lowest BCUT2D eigenvalue weighted by Crippen LogP contribution is -2.37. The Balaban J connectivity index is 2.20. The maximum atomic E-state index is 13.0. The molecule has 1 N–H and O–H groups in total. The quantitative estimate of drug-likeness (QED) is 0.656. The number of nitrogens with one attached hydrogen (secondary N) is 1. The zero-order valence-corrected chi connectivity index (χ0v) is 18.2. The molecule has 2 aromatic carbocycles. The van der Waals surface area contributed by atoms with E-state index in [1.165, 1.54) is 12.1 Å². The molecule has 0 aliphatic heterocycles. The number of amides is 1. The number of likely N-dealkylation sites (N-methyl/N-ethyl adjacent to an activating group) is 1. The Morgan fingerprint density at radius 2 is 1.89 bits per heavy atom. The highest BCUT2D eigenvalue weighted by atomic mass is 35.5. The molecule has 0 radical (unpaired) electrons. The molecule has 152 valence electrons. The lowest BCUT2D eigenvalue weighted by Gasteiger charge is -2.21. The summed E-state index contributed by atoms with van der Waals surface area (Å²) in [7, 11) is -3.85. The van der Waals surface area contributed by atoms with Gasteiger partial charge >= 0.3 is 0 Å². The van der Waals surface area contributed by atoms with E-state index in [1.807, 2.05) is 6.92 Å². The standard InChI is InChI=1S/C19H22Cl2N2O4S/c1-4-23(12-18(24)22-16-8-6-7-15(20)19(16)21)28(25,26)14-9-10-17(27-5-2)13(3)11-14/h6-11H,4-5,12H2,1-3H3,(H,22,24). The first-order valence-corrected chi connectivity index (χ1v) is 10.9. The van der Waals surface area contributed by atoms with E-state index in [0.29, 0.717) is 28.6 Å². The number of halogens is 2. The summed E-state index contributed by atoms with van der Waals surface area (Å²) < 4.78 is 32.4. The third-order valence-electron chi connectivity index (χ3n) is 3.98. The summed E-state index contributed by atoms with van der Waals surface area (Å²) in [6.45, 7) is 5.56. The first-order valence-electron chi connectivity index (χ1n) is 8.68. The van der Waals surface area contributed by atoms with Gasteiger partial charge in [-0.3, -0.25) is 4.79 Å². The van der Waals surface area contributed by atoms with E-state index < -0.39 is 15.9 Å². The fourth-order valence-electron chi connectivity index (χ4n) is 2.57. The van der Waals surface area contributed by atoms with E-state index in [0.717, 1.165) is 4.31 Å². The Kier molecular flexibility index (Phi) is 7.71. The van der Waals surface area contributed by atoms with Gasteiger partial charge in [0, 0.05) is 6.54 Å². The second-order valence-corrected chi connectivity index (χ2v) is 8.66. The number of ether oxygens (including phenoxy) is 1. The molecule has 0 atom stereocenters. The first-order chi connectivity index (χ1) is 13.2. The van der Waals surface area contributed by atoms with Crippen LogP contribution in [0.15, 0.2) is 41.3 Å². The summed E-state index contributed by atoms with van der Waals surface area (Å²) >= 11 is 12.0. The van der Waals surface area contributed by atoms with E-state index in [9.17, 15) is 13.2 Å². The number of carbonyl (C=O) groups excluding carboxylic acids is 1. The van der Waals surface area contributed by atoms with Gasteiger partial charge in [-0.25, -0.2) is 8.42 Å². The van der Waals surface area contributed by atoms with Crippen molar-refractivity contribution in [2.75, 3.05) is 25.0 Å². The number of rotatable bonds is 8. The van der Waals surface area contributed by atoms with Crippen LogP contribution in [0.5, 0.6) is 5.75 Å². The Labute approximate surface area is 175 Å². The third-order valence-corrected chi connectivity index (χ3v) is 6.72. The molecule has 0 aliphatic rings. The zero-order chi connectivity index (χ0) is 20.9. The number of nitrogens with zero attached hydrogens (tertiary/aromatic N) is 1. The first kappa shape index (κ1) is 22.5. The molecular weight excluding hydrogens is 423 g/mol. The van der Waals surface area contributed by atoms with Gasteiger partial charge in [0.25, 0.3) is 0 Å². The van der Waals surface area contributed by atoms with Gasteiger partial charge < -0.3 is 10.1 Å². The summed E-state index contributed by atoms with van der Waals surface area (Å²) in [6.07, 6.45) is 0. The van der Waals surface area contributed by atoms with Crippen molar-refractivity contribution in [3.05, 3.63) is 52.0 Å². The van der Waals surface area contributed by atoms with Crippen LogP contribution in [-0.2, 0) is 14.8 Å². The molecule has 0 saturated carbocycles. The van der Waals surface area contributed by atoms with Gasteiger partial charge in [0.2, 0.25) is 15.9 Å². The van der Waals surface area contributed by atoms with Crippen molar-refractivity contribution in [1.82, 2.24) is 4.31 Å². The predicted octanol–water partition coefficient (Wildman–Crippen LogP) is 4.35. The Bertz CT molecular complexity index is 964. The Morgan fingerprint density at radius 1 is 1.18 bits per heavy atom. The normalized spacial score (nSPS) is 11.5. The zero-order valence-electron chi connectivity index (χ0n) is 15.8. The van der Waals surface area contributed by atoms with Gasteiger partial charge in [0.1, 0.15) is 5.75 Å². The summed E-state index contributed by atoms with van der Waals surface area (Å²) in [5.74, 6) is 0.107. The molecule has 0 saturated heterocycles. The van der Waals surface area contributed by atoms with Crippen molar-refractivity contribution in [2.45, 2.75) is 25.7 Å². The van der Waals surface area contributed by atoms with Crippen LogP contribution in [0.25, 0.3) is 0 Å². The maximum absolute atomic E-state index is 13.0. The van der Waals surface area contributed by atoms with Crippen molar-refractivity contribution in [3.63, 3.8) is 0 Å². The molecule has 2 rings (SSSR count). The molecule has 0 spiro atoms. The molecule has 0 aliphatic carbocycles. The van der Waals surface area contributed by atoms with E-state index in [2.05, 4.69) is 5.32 Å². The molecule has 0 bridgehead atoms. The number of hydrogen-bond donors (Lipinski definition) is 1. The molecule has 0 aromatic heterocycles. The number of hydrogen-bond acceptors (Lipinski definition) is 4. The van der Waals surface area contributed by atoms with Crippen molar-refractivity contribution in [2.24, 2.45) is 0 Å². The van der Waals surface area contributed by atoms with Gasteiger partial charge in [-0.2, -0.15) is 4.31 Å². The second-order valence-electron chi connectivity index (χ2n) is 5.94. The van der Waals surface area contributed by atoms with Crippen LogP contribution in [0.2, 0.25) is 10.0 Å². The Hall–Kier alpha value is -1.80. The molecule has 1 amide bonds. The van der Waals surface area contributed by atoms with Gasteiger partial charge in [0.05, 0.1) is 33.8 Å². The summed E-state index contributed by atoms with van der Waals surface area (Å²) in [4.78, 5) is 12.5. The minimum Gasteiger partial charge on any atom is -0.494 e. The Morgan fingerprint density at radius 3 is 2.50 bits per heavy atom. The van der Waals surface area contributed by atoms with Crippen LogP contribution in [0.1, 0.15) is 19.4 Å². The average Bonchev–Trinajstić information content (AvgIpc) is 2.65. The van der Waals surface area contributed by atoms with Crippen molar-refractivity contribution in [1.29, 1.82) is 0 Å². The molecule has 0 heterocycles. The lowest BCUT2D eigenvalue weighted by molar-refractivity contribution is -0.116. The number of sulfonamides is 1. The van der Waals surface area contributed by atoms with Gasteiger partial charge in [-0.05, 0) is 49.7 Å². The summed E-state index contributed by atoms with van der Waals surface area (Å²) in [5, 5.41) is 3.09. The molecule has 2 aromatic rings. The highest BCUT2D eigenvalue weighted by Gasteiger charge is 2.26. The van der Waals surface area contributed by atoms with Gasteiger partial charge in [-0.1, -0.05) is 36.2 Å². The van der Waals surface area contributed by atoms with Crippen LogP contribution in [-0.4, -0.2) is 38.3 Å².